The molecule has 9 nitrogen and oxygen atoms in total. The Hall–Kier alpha value is -3.07. The highest BCUT2D eigenvalue weighted by Crippen LogP contribution is 2.38. The topological polar surface area (TPSA) is 88.4 Å². The molecular weight excluding hydrogens is 460 g/mol. The van der Waals surface area contributed by atoms with Gasteiger partial charge in [0.15, 0.2) is 0 Å². The standard InChI is InChI=1S/C27H36N4O5/c1-27(2,3)35-26(33)29-13-11-19(12-14-29)15-22-16-23(28-36-22)24-10-9-21-17-30(24)25(32)31(21)34-18-20-7-5-4-6-8-20/h4-8,16,19,21,24H,9-15,17-18H2,1-3H3/t21?,24-/m0/s1. The minimum absolute atomic E-state index is 0.0685. The van der Waals surface area contributed by atoms with Crippen molar-refractivity contribution < 1.29 is 23.7 Å². The minimum atomic E-state index is -0.481. The Balaban J connectivity index is 1.13. The van der Waals surface area contributed by atoms with E-state index in [4.69, 9.17) is 14.1 Å². The Bertz CT molecular complexity index is 1060. The number of hydrogen-bond donors (Lipinski definition) is 0. The van der Waals surface area contributed by atoms with Gasteiger partial charge in [0.25, 0.3) is 0 Å². The zero-order valence-electron chi connectivity index (χ0n) is 21.4. The molecule has 0 aliphatic carbocycles. The number of hydroxylamine groups is 2. The summed E-state index contributed by atoms with van der Waals surface area (Å²) in [5, 5.41) is 5.89. The summed E-state index contributed by atoms with van der Waals surface area (Å²) in [7, 11) is 0. The van der Waals surface area contributed by atoms with Crippen molar-refractivity contribution in [1.82, 2.24) is 20.0 Å². The highest BCUT2D eigenvalue weighted by Gasteiger charge is 2.47. The maximum absolute atomic E-state index is 13.1. The number of rotatable bonds is 6. The van der Waals surface area contributed by atoms with Gasteiger partial charge in [0.2, 0.25) is 0 Å². The Morgan fingerprint density at radius 2 is 1.86 bits per heavy atom. The highest BCUT2D eigenvalue weighted by atomic mass is 16.7. The number of ether oxygens (including phenoxy) is 1. The van der Waals surface area contributed by atoms with Crippen LogP contribution in [-0.2, 0) is 22.6 Å². The lowest BCUT2D eigenvalue weighted by Crippen LogP contribution is -2.42. The van der Waals surface area contributed by atoms with E-state index in [1.807, 2.05) is 62.1 Å². The molecule has 4 heterocycles. The number of nitrogens with zero attached hydrogens (tertiary/aromatic N) is 4. The number of benzene rings is 1. The first-order valence-electron chi connectivity index (χ1n) is 13.0. The molecule has 2 atom stereocenters. The number of aromatic nitrogens is 1. The Morgan fingerprint density at radius 3 is 2.58 bits per heavy atom. The first-order valence-corrected chi connectivity index (χ1v) is 13.0. The summed E-state index contributed by atoms with van der Waals surface area (Å²) in [5.74, 6) is 1.27. The number of amides is 3. The minimum Gasteiger partial charge on any atom is -0.444 e. The summed E-state index contributed by atoms with van der Waals surface area (Å²) in [5.41, 5.74) is 1.37. The molecule has 1 aromatic carbocycles. The molecule has 3 fully saturated rings. The molecular formula is C27H36N4O5. The molecule has 0 radical (unpaired) electrons. The molecule has 3 aliphatic heterocycles. The lowest BCUT2D eigenvalue weighted by Gasteiger charge is -2.33. The molecule has 3 saturated heterocycles. The fourth-order valence-corrected chi connectivity index (χ4v) is 5.34. The monoisotopic (exact) mass is 496 g/mol. The summed E-state index contributed by atoms with van der Waals surface area (Å²) >= 11 is 0. The van der Waals surface area contributed by atoms with E-state index in [9.17, 15) is 9.59 Å². The number of carbonyl (C=O) groups is 2. The van der Waals surface area contributed by atoms with Gasteiger partial charge in [-0.3, -0.25) is 4.84 Å². The summed E-state index contributed by atoms with van der Waals surface area (Å²) in [6.07, 6.45) is 4.05. The van der Waals surface area contributed by atoms with Crippen molar-refractivity contribution in [2.75, 3.05) is 19.6 Å². The molecule has 0 spiro atoms. The number of fused-ring (bicyclic) bond motifs is 2. The third kappa shape index (κ3) is 5.51. The number of likely N-dealkylation sites (tertiary alicyclic amines) is 1. The van der Waals surface area contributed by atoms with Crippen LogP contribution >= 0.6 is 0 Å². The van der Waals surface area contributed by atoms with E-state index in [0.717, 1.165) is 49.1 Å². The van der Waals surface area contributed by atoms with Crippen molar-refractivity contribution >= 4 is 12.1 Å². The van der Waals surface area contributed by atoms with Crippen LogP contribution in [0, 0.1) is 5.92 Å². The maximum Gasteiger partial charge on any atom is 0.410 e. The van der Waals surface area contributed by atoms with Crippen LogP contribution in [0.3, 0.4) is 0 Å². The van der Waals surface area contributed by atoms with E-state index in [1.165, 1.54) is 0 Å². The normalized spacial score (nSPS) is 22.9. The maximum atomic E-state index is 13.1. The van der Waals surface area contributed by atoms with Gasteiger partial charge in [-0.05, 0) is 57.9 Å². The van der Waals surface area contributed by atoms with Gasteiger partial charge in [0.05, 0.1) is 12.1 Å². The first-order chi connectivity index (χ1) is 17.3. The molecule has 194 valence electrons. The SMILES string of the molecule is CC(C)(C)OC(=O)N1CCC(Cc2cc([C@@H]3CCC4CN3C(=O)N4OCc3ccccc3)no2)CC1. The van der Waals surface area contributed by atoms with E-state index in [2.05, 4.69) is 5.16 Å². The zero-order valence-corrected chi connectivity index (χ0v) is 21.4. The summed E-state index contributed by atoms with van der Waals surface area (Å²) in [6, 6.07) is 11.8. The number of piperidine rings is 2. The van der Waals surface area contributed by atoms with E-state index in [1.54, 1.807) is 9.96 Å². The van der Waals surface area contributed by atoms with E-state index < -0.39 is 5.60 Å². The molecule has 1 aromatic heterocycles. The number of carbonyl (C=O) groups excluding carboxylic acids is 2. The third-order valence-corrected chi connectivity index (χ3v) is 7.21. The average molecular weight is 497 g/mol. The molecule has 3 amide bonds. The highest BCUT2D eigenvalue weighted by molar-refractivity contribution is 5.77. The van der Waals surface area contributed by atoms with E-state index in [-0.39, 0.29) is 24.2 Å². The van der Waals surface area contributed by atoms with Gasteiger partial charge in [-0.2, -0.15) is 5.06 Å². The van der Waals surface area contributed by atoms with Gasteiger partial charge in [0, 0.05) is 32.1 Å². The van der Waals surface area contributed by atoms with Crippen molar-refractivity contribution in [3.8, 4) is 0 Å². The fraction of sp³-hybridized carbons (Fsp3) is 0.593. The molecule has 9 heteroatoms. The molecule has 1 unspecified atom stereocenters. The van der Waals surface area contributed by atoms with Crippen LogP contribution in [-0.4, -0.2) is 63.4 Å². The van der Waals surface area contributed by atoms with E-state index in [0.29, 0.717) is 32.2 Å². The summed E-state index contributed by atoms with van der Waals surface area (Å²) < 4.78 is 11.2. The van der Waals surface area contributed by atoms with Crippen molar-refractivity contribution in [3.05, 3.63) is 53.4 Å². The lowest BCUT2D eigenvalue weighted by molar-refractivity contribution is -0.140. The number of urea groups is 1. The van der Waals surface area contributed by atoms with Gasteiger partial charge in [0.1, 0.15) is 23.7 Å². The Morgan fingerprint density at radius 1 is 1.11 bits per heavy atom. The zero-order chi connectivity index (χ0) is 25.3. The average Bonchev–Trinajstić information content (AvgIpc) is 3.41. The lowest BCUT2D eigenvalue weighted by atomic mass is 9.92. The molecule has 0 saturated carbocycles. The van der Waals surface area contributed by atoms with Crippen LogP contribution in [0.4, 0.5) is 9.59 Å². The summed E-state index contributed by atoms with van der Waals surface area (Å²) in [6.45, 7) is 8.05. The Kier molecular flexibility index (Phi) is 6.92. The van der Waals surface area contributed by atoms with Crippen molar-refractivity contribution in [1.29, 1.82) is 0 Å². The molecule has 0 N–H and O–H groups in total. The van der Waals surface area contributed by atoms with Crippen LogP contribution in [0.2, 0.25) is 0 Å². The largest absolute Gasteiger partial charge is 0.444 e. The van der Waals surface area contributed by atoms with Crippen molar-refractivity contribution in [2.45, 2.75) is 77.2 Å². The molecule has 3 aliphatic rings. The predicted molar refractivity (Wildman–Crippen MR) is 132 cm³/mol. The van der Waals surface area contributed by atoms with Gasteiger partial charge in [-0.1, -0.05) is 35.5 Å². The van der Waals surface area contributed by atoms with Gasteiger partial charge in [-0.25, -0.2) is 9.59 Å². The summed E-state index contributed by atoms with van der Waals surface area (Å²) in [4.78, 5) is 35.0. The predicted octanol–water partition coefficient (Wildman–Crippen LogP) is 4.94. The van der Waals surface area contributed by atoms with Crippen LogP contribution in [0.5, 0.6) is 0 Å². The van der Waals surface area contributed by atoms with E-state index >= 15 is 0 Å². The van der Waals surface area contributed by atoms with Gasteiger partial charge in [-0.15, -0.1) is 0 Å². The fourth-order valence-electron chi connectivity index (χ4n) is 5.34. The van der Waals surface area contributed by atoms with Gasteiger partial charge < -0.3 is 19.1 Å². The second kappa shape index (κ2) is 10.1. The quantitative estimate of drug-likeness (QED) is 0.563. The van der Waals surface area contributed by atoms with Crippen LogP contribution in [0.15, 0.2) is 40.9 Å². The molecule has 5 rings (SSSR count). The van der Waals surface area contributed by atoms with Crippen LogP contribution in [0.25, 0.3) is 0 Å². The van der Waals surface area contributed by atoms with Crippen LogP contribution < -0.4 is 0 Å². The molecule has 2 aromatic rings. The van der Waals surface area contributed by atoms with Gasteiger partial charge >= 0.3 is 12.1 Å². The second-order valence-corrected chi connectivity index (χ2v) is 11.1. The molecule has 2 bridgehead atoms. The second-order valence-electron chi connectivity index (χ2n) is 11.1. The first kappa shape index (κ1) is 24.6. The van der Waals surface area contributed by atoms with Crippen LogP contribution in [0.1, 0.15) is 69.5 Å². The Labute approximate surface area is 212 Å². The number of hydrogen-bond acceptors (Lipinski definition) is 6. The smallest absolute Gasteiger partial charge is 0.410 e. The molecule has 36 heavy (non-hydrogen) atoms. The van der Waals surface area contributed by atoms with Crippen molar-refractivity contribution in [3.63, 3.8) is 0 Å². The van der Waals surface area contributed by atoms with Crippen molar-refractivity contribution in [2.24, 2.45) is 5.92 Å². The third-order valence-electron chi connectivity index (χ3n) is 7.21.